The van der Waals surface area contributed by atoms with E-state index >= 15 is 0 Å². The van der Waals surface area contributed by atoms with E-state index in [1.807, 2.05) is 0 Å². The number of ether oxygens (including phenoxy) is 1. The molecule has 5 nitrogen and oxygen atoms in total. The number of aliphatic hydroxyl groups excluding tert-OH is 1. The number of rotatable bonds is 4. The van der Waals surface area contributed by atoms with Crippen LogP contribution in [0.1, 0.15) is 13.8 Å². The van der Waals surface area contributed by atoms with Crippen LogP contribution in [-0.4, -0.2) is 30.4 Å². The zero-order chi connectivity index (χ0) is 14.6. The van der Waals surface area contributed by atoms with E-state index in [9.17, 15) is 13.6 Å². The molecule has 0 radical (unpaired) electrons. The Morgan fingerprint density at radius 2 is 2.00 bits per heavy atom. The molecule has 7 heteroatoms. The predicted molar refractivity (Wildman–Crippen MR) is 66.2 cm³/mol. The van der Waals surface area contributed by atoms with Gasteiger partial charge in [0.15, 0.2) is 17.4 Å². The highest BCUT2D eigenvalue weighted by Gasteiger charge is 2.20. The second-order valence-corrected chi connectivity index (χ2v) is 4.59. The number of nitrogens with one attached hydrogen (secondary N) is 2. The van der Waals surface area contributed by atoms with Gasteiger partial charge in [-0.1, -0.05) is 0 Å². The zero-order valence-electron chi connectivity index (χ0n) is 10.9. The van der Waals surface area contributed by atoms with Gasteiger partial charge in [0.1, 0.15) is 0 Å². The fourth-order valence-electron chi connectivity index (χ4n) is 1.28. The third-order valence-corrected chi connectivity index (χ3v) is 2.34. The largest absolute Gasteiger partial charge is 0.494 e. The highest BCUT2D eigenvalue weighted by molar-refractivity contribution is 5.90. The Balaban J connectivity index is 2.83. The minimum Gasteiger partial charge on any atom is -0.494 e. The van der Waals surface area contributed by atoms with E-state index in [0.29, 0.717) is 0 Å². The lowest BCUT2D eigenvalue weighted by Gasteiger charge is -2.23. The average molecular weight is 274 g/mol. The summed E-state index contributed by atoms with van der Waals surface area (Å²) in [6.45, 7) is 2.87. The fourth-order valence-corrected chi connectivity index (χ4v) is 1.28. The third kappa shape index (κ3) is 4.06. The number of halogens is 2. The van der Waals surface area contributed by atoms with Crippen molar-refractivity contribution in [1.29, 1.82) is 0 Å². The Kier molecular flexibility index (Phi) is 4.66. The van der Waals surface area contributed by atoms with E-state index in [-0.39, 0.29) is 18.0 Å². The van der Waals surface area contributed by atoms with Crippen molar-refractivity contribution < 1.29 is 23.4 Å². The summed E-state index contributed by atoms with van der Waals surface area (Å²) < 4.78 is 31.5. The minimum absolute atomic E-state index is 0.251. The Labute approximate surface area is 109 Å². The molecule has 3 N–H and O–H groups in total. The van der Waals surface area contributed by atoms with Crippen molar-refractivity contribution in [3.8, 4) is 5.75 Å². The van der Waals surface area contributed by atoms with E-state index in [0.717, 1.165) is 12.1 Å². The molecule has 0 saturated carbocycles. The smallest absolute Gasteiger partial charge is 0.319 e. The first kappa shape index (κ1) is 15.2. The second kappa shape index (κ2) is 5.83. The van der Waals surface area contributed by atoms with Crippen LogP contribution in [-0.2, 0) is 0 Å². The molecule has 0 bridgehead atoms. The second-order valence-electron chi connectivity index (χ2n) is 4.59. The standard InChI is InChI=1S/C12H16F2N2O3/c1-12(2,6-17)16-11(18)15-9-4-8(14)10(19-3)5-7(9)13/h4-5,17H,6H2,1-3H3,(H2,15,16,18). The van der Waals surface area contributed by atoms with Gasteiger partial charge in [0.25, 0.3) is 0 Å². The summed E-state index contributed by atoms with van der Waals surface area (Å²) in [4.78, 5) is 11.6. The van der Waals surface area contributed by atoms with Gasteiger partial charge in [-0.3, -0.25) is 0 Å². The molecule has 0 aromatic heterocycles. The molecule has 0 unspecified atom stereocenters. The molecule has 0 saturated heterocycles. The number of carbonyl (C=O) groups excluding carboxylic acids is 1. The van der Waals surface area contributed by atoms with Crippen molar-refractivity contribution in [2.45, 2.75) is 19.4 Å². The van der Waals surface area contributed by atoms with Crippen LogP contribution in [0.3, 0.4) is 0 Å². The molecule has 0 aliphatic heterocycles. The number of amides is 2. The number of hydrogen-bond donors (Lipinski definition) is 3. The van der Waals surface area contributed by atoms with E-state index in [1.54, 1.807) is 13.8 Å². The van der Waals surface area contributed by atoms with Crippen LogP contribution < -0.4 is 15.4 Å². The Bertz CT molecular complexity index is 478. The summed E-state index contributed by atoms with van der Waals surface area (Å²) in [5.74, 6) is -1.87. The van der Waals surface area contributed by atoms with E-state index in [1.165, 1.54) is 7.11 Å². The fraction of sp³-hybridized carbons (Fsp3) is 0.417. The summed E-state index contributed by atoms with van der Waals surface area (Å²) in [5.41, 5.74) is -1.18. The molecule has 1 rings (SSSR count). The molecule has 0 heterocycles. The molecule has 0 fully saturated rings. The van der Waals surface area contributed by atoms with Gasteiger partial charge in [-0.25, -0.2) is 13.6 Å². The van der Waals surface area contributed by atoms with Gasteiger partial charge in [0.2, 0.25) is 0 Å². The molecule has 0 aliphatic carbocycles. The van der Waals surface area contributed by atoms with Gasteiger partial charge in [-0.2, -0.15) is 0 Å². The summed E-state index contributed by atoms with van der Waals surface area (Å²) in [6.07, 6.45) is 0. The molecule has 106 valence electrons. The van der Waals surface area contributed by atoms with Crippen molar-refractivity contribution in [3.05, 3.63) is 23.8 Å². The SMILES string of the molecule is COc1cc(F)c(NC(=O)NC(C)(C)CO)cc1F. The lowest BCUT2D eigenvalue weighted by Crippen LogP contribution is -2.48. The van der Waals surface area contributed by atoms with Gasteiger partial charge in [-0.05, 0) is 13.8 Å². The van der Waals surface area contributed by atoms with Crippen LogP contribution in [0.15, 0.2) is 12.1 Å². The van der Waals surface area contributed by atoms with Gasteiger partial charge in [-0.15, -0.1) is 0 Å². The maximum Gasteiger partial charge on any atom is 0.319 e. The van der Waals surface area contributed by atoms with Crippen molar-refractivity contribution in [2.75, 3.05) is 19.0 Å². The predicted octanol–water partition coefficient (Wildman–Crippen LogP) is 1.87. The number of methoxy groups -OCH3 is 1. The van der Waals surface area contributed by atoms with Crippen LogP contribution in [0.5, 0.6) is 5.75 Å². The maximum absolute atomic E-state index is 13.6. The number of carbonyl (C=O) groups is 1. The summed E-state index contributed by atoms with van der Waals surface area (Å²) in [7, 11) is 1.21. The number of hydrogen-bond acceptors (Lipinski definition) is 3. The molecule has 2 amide bonds. The topological polar surface area (TPSA) is 70.6 Å². The van der Waals surface area contributed by atoms with E-state index < -0.39 is 23.2 Å². The Morgan fingerprint density at radius 1 is 1.37 bits per heavy atom. The highest BCUT2D eigenvalue weighted by Crippen LogP contribution is 2.24. The number of benzene rings is 1. The Hall–Kier alpha value is -1.89. The lowest BCUT2D eigenvalue weighted by atomic mass is 10.1. The first-order chi connectivity index (χ1) is 8.79. The van der Waals surface area contributed by atoms with Crippen molar-refractivity contribution in [1.82, 2.24) is 5.32 Å². The van der Waals surface area contributed by atoms with Crippen LogP contribution in [0.25, 0.3) is 0 Å². The first-order valence-electron chi connectivity index (χ1n) is 5.52. The lowest BCUT2D eigenvalue weighted by molar-refractivity contribution is 0.187. The van der Waals surface area contributed by atoms with Crippen LogP contribution in [0.4, 0.5) is 19.3 Å². The van der Waals surface area contributed by atoms with E-state index in [4.69, 9.17) is 5.11 Å². The maximum atomic E-state index is 13.6. The van der Waals surface area contributed by atoms with Gasteiger partial charge >= 0.3 is 6.03 Å². The number of aliphatic hydroxyl groups is 1. The van der Waals surface area contributed by atoms with Crippen LogP contribution in [0, 0.1) is 11.6 Å². The van der Waals surface area contributed by atoms with Crippen molar-refractivity contribution in [2.24, 2.45) is 0 Å². The zero-order valence-corrected chi connectivity index (χ0v) is 10.9. The van der Waals surface area contributed by atoms with Crippen LogP contribution in [0.2, 0.25) is 0 Å². The Morgan fingerprint density at radius 3 is 2.53 bits per heavy atom. The minimum atomic E-state index is -0.869. The summed E-state index contributed by atoms with van der Waals surface area (Å²) in [6, 6.07) is 0.907. The van der Waals surface area contributed by atoms with Crippen molar-refractivity contribution in [3.63, 3.8) is 0 Å². The highest BCUT2D eigenvalue weighted by atomic mass is 19.1. The first-order valence-corrected chi connectivity index (χ1v) is 5.52. The monoisotopic (exact) mass is 274 g/mol. The quantitative estimate of drug-likeness (QED) is 0.785. The number of urea groups is 1. The van der Waals surface area contributed by atoms with Crippen molar-refractivity contribution >= 4 is 11.7 Å². The molecular weight excluding hydrogens is 258 g/mol. The third-order valence-electron chi connectivity index (χ3n) is 2.34. The molecule has 0 atom stereocenters. The van der Waals surface area contributed by atoms with Gasteiger partial charge in [0.05, 0.1) is 24.9 Å². The molecular formula is C12H16F2N2O3. The molecule has 0 spiro atoms. The average Bonchev–Trinajstić information content (AvgIpc) is 2.32. The molecule has 19 heavy (non-hydrogen) atoms. The molecule has 1 aromatic rings. The summed E-state index contributed by atoms with van der Waals surface area (Å²) >= 11 is 0. The molecule has 1 aromatic carbocycles. The van der Waals surface area contributed by atoms with E-state index in [2.05, 4.69) is 15.4 Å². The van der Waals surface area contributed by atoms with Gasteiger partial charge in [0, 0.05) is 12.1 Å². The molecule has 0 aliphatic rings. The van der Waals surface area contributed by atoms with Crippen LogP contribution >= 0.6 is 0 Å². The summed E-state index contributed by atoms with van der Waals surface area (Å²) in [5, 5.41) is 13.6. The van der Waals surface area contributed by atoms with Gasteiger partial charge < -0.3 is 20.5 Å². The normalized spacial score (nSPS) is 11.1. The number of anilines is 1.